The Hall–Kier alpha value is -2.57. The highest BCUT2D eigenvalue weighted by Gasteiger charge is 2.36. The van der Waals surface area contributed by atoms with E-state index in [2.05, 4.69) is 4.74 Å². The van der Waals surface area contributed by atoms with Gasteiger partial charge >= 0.3 is 12.0 Å². The number of nitrogens with one attached hydrogen (secondary N) is 1. The summed E-state index contributed by atoms with van der Waals surface area (Å²) in [7, 11) is 0. The Morgan fingerprint density at radius 2 is 2.17 bits per heavy atom. The van der Waals surface area contributed by atoms with Crippen LogP contribution in [0, 0.1) is 21.4 Å². The fourth-order valence-electron chi connectivity index (χ4n) is 1.12. The van der Waals surface area contributed by atoms with E-state index in [0.29, 0.717) is 6.07 Å². The van der Waals surface area contributed by atoms with E-state index in [1.165, 1.54) is 0 Å². The van der Waals surface area contributed by atoms with Crippen molar-refractivity contribution in [3.8, 4) is 11.8 Å². The first-order valence-electron chi connectivity index (χ1n) is 4.28. The number of aromatic amines is 1. The Morgan fingerprint density at radius 1 is 1.56 bits per heavy atom. The van der Waals surface area contributed by atoms with Gasteiger partial charge in [-0.05, 0) is 0 Å². The number of pyridine rings is 1. The van der Waals surface area contributed by atoms with Gasteiger partial charge in [0.2, 0.25) is 0 Å². The predicted octanol–water partition coefficient (Wildman–Crippen LogP) is 1.25. The first-order valence-corrected chi connectivity index (χ1v) is 4.28. The van der Waals surface area contributed by atoms with E-state index < -0.39 is 28.3 Å². The van der Waals surface area contributed by atoms with Gasteiger partial charge in [-0.2, -0.15) is 5.26 Å². The second kappa shape index (κ2) is 4.74. The summed E-state index contributed by atoms with van der Waals surface area (Å²) in [5.41, 5.74) is -2.75. The number of aromatic nitrogens is 1. The first kappa shape index (κ1) is 13.5. The molecule has 0 atom stereocenters. The number of nitriles is 1. The number of rotatable bonds is 3. The third kappa shape index (κ3) is 3.21. The lowest BCUT2D eigenvalue weighted by Crippen LogP contribution is -2.24. The van der Waals surface area contributed by atoms with Crippen molar-refractivity contribution < 1.29 is 22.8 Å². The first-order chi connectivity index (χ1) is 8.24. The highest BCUT2D eigenvalue weighted by molar-refractivity contribution is 5.46. The molecule has 18 heavy (non-hydrogen) atoms. The van der Waals surface area contributed by atoms with Crippen LogP contribution >= 0.6 is 0 Å². The van der Waals surface area contributed by atoms with Crippen LogP contribution in [-0.4, -0.2) is 16.3 Å². The number of alkyl halides is 3. The van der Waals surface area contributed by atoms with Crippen molar-refractivity contribution in [1.29, 1.82) is 5.26 Å². The van der Waals surface area contributed by atoms with Crippen LogP contribution < -0.4 is 10.3 Å². The molecule has 0 saturated heterocycles. The number of halogens is 3. The molecular formula is C8H4F3N3O4. The van der Waals surface area contributed by atoms with Crippen molar-refractivity contribution in [2.45, 2.75) is 12.8 Å². The molecule has 1 rings (SSSR count). The molecule has 0 aliphatic carbocycles. The van der Waals surface area contributed by atoms with Gasteiger partial charge in [0, 0.05) is 11.8 Å². The van der Waals surface area contributed by atoms with Crippen LogP contribution in [0.15, 0.2) is 10.9 Å². The van der Waals surface area contributed by atoms with E-state index in [4.69, 9.17) is 5.26 Å². The van der Waals surface area contributed by atoms with Crippen LogP contribution in [0.5, 0.6) is 5.75 Å². The third-order valence-electron chi connectivity index (χ3n) is 1.71. The second-order valence-electron chi connectivity index (χ2n) is 2.98. The number of hydrogen-bond acceptors (Lipinski definition) is 5. The number of H-pyrrole nitrogens is 1. The van der Waals surface area contributed by atoms with Crippen molar-refractivity contribution in [1.82, 2.24) is 4.98 Å². The monoisotopic (exact) mass is 263 g/mol. The van der Waals surface area contributed by atoms with E-state index in [1.807, 2.05) is 4.98 Å². The molecule has 96 valence electrons. The molecule has 10 heteroatoms. The largest absolute Gasteiger partial charge is 0.573 e. The zero-order valence-electron chi connectivity index (χ0n) is 8.45. The average Bonchev–Trinajstić information content (AvgIpc) is 2.20. The lowest BCUT2D eigenvalue weighted by atomic mass is 10.2. The average molecular weight is 263 g/mol. The van der Waals surface area contributed by atoms with Crippen LogP contribution in [-0.2, 0) is 6.42 Å². The third-order valence-corrected chi connectivity index (χ3v) is 1.71. The van der Waals surface area contributed by atoms with Crippen molar-refractivity contribution in [3.05, 3.63) is 32.2 Å². The van der Waals surface area contributed by atoms with E-state index in [9.17, 15) is 28.1 Å². The summed E-state index contributed by atoms with van der Waals surface area (Å²) in [4.78, 5) is 22.5. The zero-order valence-corrected chi connectivity index (χ0v) is 8.45. The zero-order chi connectivity index (χ0) is 13.9. The Labute approximate surface area is 96.6 Å². The number of hydrogen-bond donors (Lipinski definition) is 1. The van der Waals surface area contributed by atoms with Gasteiger partial charge in [-0.1, -0.05) is 0 Å². The van der Waals surface area contributed by atoms with E-state index in [1.54, 1.807) is 6.07 Å². The molecule has 0 amide bonds. The van der Waals surface area contributed by atoms with Crippen molar-refractivity contribution in [2.75, 3.05) is 0 Å². The summed E-state index contributed by atoms with van der Waals surface area (Å²) in [5.74, 6) is -1.46. The van der Waals surface area contributed by atoms with E-state index in [-0.39, 0.29) is 12.1 Å². The van der Waals surface area contributed by atoms with Gasteiger partial charge in [-0.25, -0.2) is 0 Å². The molecule has 0 aromatic carbocycles. The summed E-state index contributed by atoms with van der Waals surface area (Å²) in [6.45, 7) is 0. The topological polar surface area (TPSA) is 109 Å². The molecule has 0 aliphatic rings. The maximum absolute atomic E-state index is 12.0. The van der Waals surface area contributed by atoms with Crippen LogP contribution in [0.3, 0.4) is 0 Å². The fraction of sp³-hybridized carbons (Fsp3) is 0.250. The molecule has 1 heterocycles. The summed E-state index contributed by atoms with van der Waals surface area (Å²) in [5, 5.41) is 18.9. The van der Waals surface area contributed by atoms with E-state index in [0.717, 1.165) is 0 Å². The molecule has 1 aromatic heterocycles. The van der Waals surface area contributed by atoms with Gasteiger partial charge in [0.1, 0.15) is 0 Å². The minimum absolute atomic E-state index is 0.177. The molecule has 0 unspecified atom stereocenters. The number of nitrogens with zero attached hydrogens (tertiary/aromatic N) is 2. The highest BCUT2D eigenvalue weighted by atomic mass is 19.4. The molecule has 0 bridgehead atoms. The van der Waals surface area contributed by atoms with Crippen LogP contribution in [0.4, 0.5) is 18.9 Å². The Morgan fingerprint density at radius 3 is 2.61 bits per heavy atom. The SMILES string of the molecule is N#CCc1cc([N+](=O)[O-])c(OC(F)(F)F)c(=O)[nH]1. The Bertz CT molecular complexity index is 572. The van der Waals surface area contributed by atoms with Crippen molar-refractivity contribution in [3.63, 3.8) is 0 Å². The summed E-state index contributed by atoms with van der Waals surface area (Å²) in [6, 6.07) is 2.23. The minimum Gasteiger partial charge on any atom is -0.392 e. The predicted molar refractivity (Wildman–Crippen MR) is 49.7 cm³/mol. The number of ether oxygens (including phenoxy) is 1. The molecule has 0 saturated carbocycles. The molecule has 7 nitrogen and oxygen atoms in total. The van der Waals surface area contributed by atoms with Crippen LogP contribution in [0.2, 0.25) is 0 Å². The molecule has 0 spiro atoms. The fourth-order valence-corrected chi connectivity index (χ4v) is 1.12. The van der Waals surface area contributed by atoms with Gasteiger partial charge < -0.3 is 9.72 Å². The Kier molecular flexibility index (Phi) is 3.55. The van der Waals surface area contributed by atoms with Gasteiger partial charge in [-0.3, -0.25) is 14.9 Å². The van der Waals surface area contributed by atoms with Gasteiger partial charge in [0.05, 0.1) is 17.4 Å². The van der Waals surface area contributed by atoms with Crippen LogP contribution in [0.25, 0.3) is 0 Å². The second-order valence-corrected chi connectivity index (χ2v) is 2.98. The molecular weight excluding hydrogens is 259 g/mol. The van der Waals surface area contributed by atoms with Gasteiger partial charge in [-0.15, -0.1) is 13.2 Å². The summed E-state index contributed by atoms with van der Waals surface area (Å²) in [6.07, 6.45) is -5.61. The maximum Gasteiger partial charge on any atom is 0.573 e. The minimum atomic E-state index is -5.23. The molecule has 0 aliphatic heterocycles. The van der Waals surface area contributed by atoms with Crippen molar-refractivity contribution in [2.24, 2.45) is 0 Å². The lowest BCUT2D eigenvalue weighted by Gasteiger charge is -2.08. The smallest absolute Gasteiger partial charge is 0.392 e. The highest BCUT2D eigenvalue weighted by Crippen LogP contribution is 2.28. The van der Waals surface area contributed by atoms with E-state index >= 15 is 0 Å². The lowest BCUT2D eigenvalue weighted by molar-refractivity contribution is -0.388. The van der Waals surface area contributed by atoms with Crippen LogP contribution in [0.1, 0.15) is 5.69 Å². The van der Waals surface area contributed by atoms with Gasteiger partial charge in [0.15, 0.2) is 0 Å². The summed E-state index contributed by atoms with van der Waals surface area (Å²) >= 11 is 0. The summed E-state index contributed by atoms with van der Waals surface area (Å²) < 4.78 is 39.2. The standard InChI is InChI=1S/C8H4F3N3O4/c9-8(10,11)18-6-5(14(16)17)3-4(1-2-12)13-7(6)15/h3H,1H2,(H,13,15). The molecule has 1 aromatic rings. The van der Waals surface area contributed by atoms with Crippen molar-refractivity contribution >= 4 is 5.69 Å². The Balaban J connectivity index is 3.38. The molecule has 0 radical (unpaired) electrons. The quantitative estimate of drug-likeness (QED) is 0.651. The number of nitro groups is 1. The normalized spacial score (nSPS) is 10.8. The van der Waals surface area contributed by atoms with Gasteiger partial charge in [0.25, 0.3) is 11.3 Å². The maximum atomic E-state index is 12.0. The molecule has 0 fully saturated rings. The molecule has 1 N–H and O–H groups in total.